The number of hydrogen-bond donors (Lipinski definition) is 3. The van der Waals surface area contributed by atoms with Crippen LogP contribution in [0.25, 0.3) is 0 Å². The van der Waals surface area contributed by atoms with Crippen molar-refractivity contribution in [1.82, 2.24) is 10.2 Å². The fourth-order valence-electron chi connectivity index (χ4n) is 3.23. The summed E-state index contributed by atoms with van der Waals surface area (Å²) in [6, 6.07) is 13.3. The number of carbonyl (C=O) groups excluding carboxylic acids is 3. The molecule has 1 aliphatic heterocycles. The van der Waals surface area contributed by atoms with E-state index in [-0.39, 0.29) is 23.8 Å². The molecule has 1 saturated heterocycles. The molecule has 1 fully saturated rings. The van der Waals surface area contributed by atoms with Gasteiger partial charge in [-0.05, 0) is 61.4 Å². The lowest BCUT2D eigenvalue weighted by Gasteiger charge is -2.32. The maximum atomic E-state index is 12.7. The molecule has 2 aromatic rings. The van der Waals surface area contributed by atoms with Crippen LogP contribution in [0.5, 0.6) is 0 Å². The number of piperidine rings is 1. The van der Waals surface area contributed by atoms with Crippen molar-refractivity contribution in [2.45, 2.75) is 12.8 Å². The van der Waals surface area contributed by atoms with E-state index >= 15 is 0 Å². The summed E-state index contributed by atoms with van der Waals surface area (Å²) in [7, 11) is 1.54. The van der Waals surface area contributed by atoms with Crippen molar-refractivity contribution in [2.75, 3.05) is 30.8 Å². The summed E-state index contributed by atoms with van der Waals surface area (Å²) in [4.78, 5) is 38.4. The molecule has 1 unspecified atom stereocenters. The first kappa shape index (κ1) is 20.7. The summed E-state index contributed by atoms with van der Waals surface area (Å²) >= 11 is 5.88. The van der Waals surface area contributed by atoms with Crippen molar-refractivity contribution in [2.24, 2.45) is 5.92 Å². The zero-order valence-corrected chi connectivity index (χ0v) is 16.8. The van der Waals surface area contributed by atoms with E-state index in [9.17, 15) is 14.4 Å². The molecule has 2 aromatic carbocycles. The fraction of sp³-hybridized carbons (Fsp3) is 0.286. The normalized spacial score (nSPS) is 16.1. The summed E-state index contributed by atoms with van der Waals surface area (Å²) in [5, 5.41) is 8.60. The van der Waals surface area contributed by atoms with E-state index in [1.165, 1.54) is 7.05 Å². The smallest absolute Gasteiger partial charge is 0.318 e. The molecule has 3 N–H and O–H groups in total. The maximum absolute atomic E-state index is 12.7. The highest BCUT2D eigenvalue weighted by Gasteiger charge is 2.29. The van der Waals surface area contributed by atoms with Crippen LogP contribution in [0.2, 0.25) is 5.02 Å². The Kier molecular flexibility index (Phi) is 6.72. The Morgan fingerprint density at radius 3 is 2.21 bits per heavy atom. The van der Waals surface area contributed by atoms with E-state index < -0.39 is 0 Å². The predicted octanol–water partition coefficient (Wildman–Crippen LogP) is 3.58. The minimum Gasteiger partial charge on any atom is -0.341 e. The maximum Gasteiger partial charge on any atom is 0.318 e. The topological polar surface area (TPSA) is 90.5 Å². The highest BCUT2D eigenvalue weighted by atomic mass is 35.5. The quantitative estimate of drug-likeness (QED) is 0.714. The zero-order chi connectivity index (χ0) is 20.8. The van der Waals surface area contributed by atoms with Crippen LogP contribution in [0.3, 0.4) is 0 Å². The third-order valence-corrected chi connectivity index (χ3v) is 5.06. The molecular weight excluding hydrogens is 392 g/mol. The molecule has 1 heterocycles. The van der Waals surface area contributed by atoms with E-state index in [2.05, 4.69) is 16.0 Å². The Labute approximate surface area is 174 Å². The monoisotopic (exact) mass is 414 g/mol. The number of nitrogens with zero attached hydrogens (tertiary/aromatic N) is 1. The van der Waals surface area contributed by atoms with Gasteiger partial charge in [-0.3, -0.25) is 9.59 Å². The Hall–Kier alpha value is -3.06. The second-order valence-electron chi connectivity index (χ2n) is 6.87. The van der Waals surface area contributed by atoms with Gasteiger partial charge in [-0.2, -0.15) is 0 Å². The van der Waals surface area contributed by atoms with Gasteiger partial charge in [0.25, 0.3) is 5.91 Å². The van der Waals surface area contributed by atoms with Crippen LogP contribution in [0.15, 0.2) is 48.5 Å². The lowest BCUT2D eigenvalue weighted by Crippen LogP contribution is -2.43. The summed E-state index contributed by atoms with van der Waals surface area (Å²) in [5.41, 5.74) is 1.83. The Bertz CT molecular complexity index is 884. The molecule has 0 spiro atoms. The van der Waals surface area contributed by atoms with Crippen LogP contribution in [-0.2, 0) is 4.79 Å². The lowest BCUT2D eigenvalue weighted by atomic mass is 9.96. The Morgan fingerprint density at radius 2 is 1.59 bits per heavy atom. The predicted molar refractivity (Wildman–Crippen MR) is 113 cm³/mol. The number of amides is 4. The average molecular weight is 415 g/mol. The highest BCUT2D eigenvalue weighted by molar-refractivity contribution is 6.30. The molecule has 152 valence electrons. The first-order valence-corrected chi connectivity index (χ1v) is 9.78. The van der Waals surface area contributed by atoms with Gasteiger partial charge in [0.2, 0.25) is 5.91 Å². The highest BCUT2D eigenvalue weighted by Crippen LogP contribution is 2.22. The summed E-state index contributed by atoms with van der Waals surface area (Å²) in [6.07, 6.45) is 1.50. The van der Waals surface area contributed by atoms with Crippen LogP contribution >= 0.6 is 11.6 Å². The van der Waals surface area contributed by atoms with Gasteiger partial charge < -0.3 is 20.9 Å². The van der Waals surface area contributed by atoms with E-state index in [0.29, 0.717) is 35.1 Å². The molecule has 3 rings (SSSR count). The summed E-state index contributed by atoms with van der Waals surface area (Å²) < 4.78 is 0. The second kappa shape index (κ2) is 9.43. The van der Waals surface area contributed by atoms with Gasteiger partial charge in [0.15, 0.2) is 0 Å². The standard InChI is InChI=1S/C21H23ClN4O3/c1-23-21(29)25-18-10-8-17(9-11-18)24-19(27)15-3-2-12-26(13-15)20(28)14-4-6-16(22)7-5-14/h4-11,15H,2-3,12-13H2,1H3,(H,24,27)(H2,23,25,29). The third-order valence-electron chi connectivity index (χ3n) is 4.81. The molecule has 4 amide bonds. The van der Waals surface area contributed by atoms with Crippen LogP contribution in [0.1, 0.15) is 23.2 Å². The molecule has 0 aliphatic carbocycles. The van der Waals surface area contributed by atoms with Gasteiger partial charge in [0.1, 0.15) is 0 Å². The van der Waals surface area contributed by atoms with Crippen molar-refractivity contribution in [3.05, 3.63) is 59.1 Å². The molecule has 8 heteroatoms. The number of nitrogens with one attached hydrogen (secondary N) is 3. The number of likely N-dealkylation sites (tertiary alicyclic amines) is 1. The molecule has 0 saturated carbocycles. The van der Waals surface area contributed by atoms with Gasteiger partial charge in [0, 0.05) is 42.1 Å². The molecule has 0 aromatic heterocycles. The number of halogens is 1. The molecule has 0 radical (unpaired) electrons. The van der Waals surface area contributed by atoms with Gasteiger partial charge in [-0.15, -0.1) is 0 Å². The number of urea groups is 1. The van der Waals surface area contributed by atoms with Gasteiger partial charge in [0.05, 0.1) is 5.92 Å². The summed E-state index contributed by atoms with van der Waals surface area (Å²) in [6.45, 7) is 1.01. The number of hydrogen-bond acceptors (Lipinski definition) is 3. The molecule has 29 heavy (non-hydrogen) atoms. The lowest BCUT2D eigenvalue weighted by molar-refractivity contribution is -0.121. The van der Waals surface area contributed by atoms with E-state index in [1.807, 2.05) is 0 Å². The summed E-state index contributed by atoms with van der Waals surface area (Å²) in [5.74, 6) is -0.488. The first-order chi connectivity index (χ1) is 14.0. The van der Waals surface area contributed by atoms with E-state index in [1.54, 1.807) is 53.4 Å². The van der Waals surface area contributed by atoms with Gasteiger partial charge in [-0.1, -0.05) is 11.6 Å². The minimum atomic E-state index is -0.311. The number of carbonyl (C=O) groups is 3. The van der Waals surface area contributed by atoms with Crippen LogP contribution in [0, 0.1) is 5.92 Å². The first-order valence-electron chi connectivity index (χ1n) is 9.41. The number of anilines is 2. The molecule has 1 atom stereocenters. The second-order valence-corrected chi connectivity index (χ2v) is 7.30. The van der Waals surface area contributed by atoms with Crippen molar-refractivity contribution in [3.8, 4) is 0 Å². The van der Waals surface area contributed by atoms with Gasteiger partial charge in [-0.25, -0.2) is 4.79 Å². The number of rotatable bonds is 4. The van der Waals surface area contributed by atoms with E-state index in [4.69, 9.17) is 11.6 Å². The Morgan fingerprint density at radius 1 is 0.966 bits per heavy atom. The molecule has 1 aliphatic rings. The van der Waals surface area contributed by atoms with E-state index in [0.717, 1.165) is 12.8 Å². The fourth-order valence-corrected chi connectivity index (χ4v) is 3.35. The van der Waals surface area contributed by atoms with Crippen LogP contribution in [0.4, 0.5) is 16.2 Å². The molecular formula is C21H23ClN4O3. The van der Waals surface area contributed by atoms with Gasteiger partial charge >= 0.3 is 6.03 Å². The van der Waals surface area contributed by atoms with Crippen LogP contribution in [-0.4, -0.2) is 42.9 Å². The molecule has 0 bridgehead atoms. The third kappa shape index (κ3) is 5.48. The molecule has 7 nitrogen and oxygen atoms in total. The van der Waals surface area contributed by atoms with Crippen molar-refractivity contribution in [3.63, 3.8) is 0 Å². The Balaban J connectivity index is 1.58. The largest absolute Gasteiger partial charge is 0.341 e. The minimum absolute atomic E-state index is 0.0937. The SMILES string of the molecule is CNC(=O)Nc1ccc(NC(=O)C2CCCN(C(=O)c3ccc(Cl)cc3)C2)cc1. The van der Waals surface area contributed by atoms with Crippen molar-refractivity contribution >= 4 is 40.8 Å². The average Bonchev–Trinajstić information content (AvgIpc) is 2.75. The number of benzene rings is 2. The van der Waals surface area contributed by atoms with Crippen LogP contribution < -0.4 is 16.0 Å². The van der Waals surface area contributed by atoms with Crippen molar-refractivity contribution < 1.29 is 14.4 Å². The van der Waals surface area contributed by atoms with Crippen molar-refractivity contribution in [1.29, 1.82) is 0 Å². The zero-order valence-electron chi connectivity index (χ0n) is 16.1.